The molecule has 1 saturated heterocycles. The molecule has 1 N–H and O–H groups in total. The Morgan fingerprint density at radius 2 is 1.70 bits per heavy atom. The van der Waals surface area contributed by atoms with Crippen LogP contribution in [0.2, 0.25) is 0 Å². The Bertz CT molecular complexity index is 430. The fourth-order valence-electron chi connectivity index (χ4n) is 3.02. The molecule has 0 radical (unpaired) electrons. The molecule has 2 rings (SSSR count). The van der Waals surface area contributed by atoms with Crippen LogP contribution in [-0.2, 0) is 0 Å². The second-order valence-corrected chi connectivity index (χ2v) is 6.64. The Hall–Kier alpha value is -1.22. The van der Waals surface area contributed by atoms with Crippen LogP contribution in [0.15, 0.2) is 18.2 Å². The summed E-state index contributed by atoms with van der Waals surface area (Å²) in [6.07, 6.45) is 0. The molecule has 20 heavy (non-hydrogen) atoms. The van der Waals surface area contributed by atoms with Gasteiger partial charge in [-0.2, -0.15) is 0 Å². The fraction of sp³-hybridized carbons (Fsp3) is 0.647. The molecule has 3 nitrogen and oxygen atoms in total. The van der Waals surface area contributed by atoms with Gasteiger partial charge in [0.15, 0.2) is 0 Å². The smallest absolute Gasteiger partial charge is 0.0411 e. The van der Waals surface area contributed by atoms with E-state index in [1.807, 2.05) is 0 Å². The van der Waals surface area contributed by atoms with Crippen molar-refractivity contribution in [1.29, 1.82) is 0 Å². The van der Waals surface area contributed by atoms with Gasteiger partial charge in [-0.15, -0.1) is 0 Å². The normalized spacial score (nSPS) is 24.1. The maximum atomic E-state index is 3.56. The second kappa shape index (κ2) is 6.49. The van der Waals surface area contributed by atoms with E-state index in [0.717, 1.165) is 26.2 Å². The summed E-state index contributed by atoms with van der Waals surface area (Å²) in [7, 11) is 4.24. The number of nitrogens with zero attached hydrogens (tertiary/aromatic N) is 2. The van der Waals surface area contributed by atoms with Gasteiger partial charge in [-0.3, -0.25) is 0 Å². The lowest BCUT2D eigenvalue weighted by molar-refractivity contribution is 0.410. The highest BCUT2D eigenvalue weighted by Crippen LogP contribution is 2.26. The predicted molar refractivity (Wildman–Crippen MR) is 88.9 cm³/mol. The topological polar surface area (TPSA) is 18.5 Å². The third-order valence-corrected chi connectivity index (χ3v) is 4.09. The lowest BCUT2D eigenvalue weighted by atomic mass is 10.0. The summed E-state index contributed by atoms with van der Waals surface area (Å²) in [6.45, 7) is 11.3. The van der Waals surface area contributed by atoms with Gasteiger partial charge in [-0.1, -0.05) is 19.9 Å². The molecule has 112 valence electrons. The van der Waals surface area contributed by atoms with E-state index in [1.54, 1.807) is 0 Å². The number of anilines is 2. The van der Waals surface area contributed by atoms with E-state index in [4.69, 9.17) is 0 Å². The van der Waals surface area contributed by atoms with Crippen LogP contribution in [0.1, 0.15) is 19.4 Å². The third-order valence-electron chi connectivity index (χ3n) is 4.09. The average Bonchev–Trinajstić information content (AvgIpc) is 2.36. The molecule has 2 atom stereocenters. The summed E-state index contributed by atoms with van der Waals surface area (Å²) in [4.78, 5) is 4.76. The number of benzene rings is 1. The Morgan fingerprint density at radius 3 is 2.25 bits per heavy atom. The average molecular weight is 275 g/mol. The zero-order valence-electron chi connectivity index (χ0n) is 13.6. The molecule has 0 aliphatic carbocycles. The molecule has 0 aromatic heterocycles. The summed E-state index contributed by atoms with van der Waals surface area (Å²) in [5.41, 5.74) is 4.02. The largest absolute Gasteiger partial charge is 0.377 e. The molecular formula is C17H29N3. The van der Waals surface area contributed by atoms with Gasteiger partial charge >= 0.3 is 0 Å². The minimum atomic E-state index is 0.687. The summed E-state index contributed by atoms with van der Waals surface area (Å²) < 4.78 is 0. The molecule has 1 aromatic rings. The Kier molecular flexibility index (Phi) is 4.92. The van der Waals surface area contributed by atoms with Gasteiger partial charge in [0.25, 0.3) is 0 Å². The zero-order chi connectivity index (χ0) is 14.7. The van der Waals surface area contributed by atoms with Crippen LogP contribution in [0.3, 0.4) is 0 Å². The zero-order valence-corrected chi connectivity index (χ0v) is 13.6. The van der Waals surface area contributed by atoms with E-state index in [0.29, 0.717) is 11.8 Å². The molecule has 1 heterocycles. The summed E-state index contributed by atoms with van der Waals surface area (Å²) in [5.74, 6) is 1.37. The van der Waals surface area contributed by atoms with Crippen molar-refractivity contribution < 1.29 is 0 Å². The first-order valence-corrected chi connectivity index (χ1v) is 7.71. The third kappa shape index (κ3) is 3.66. The second-order valence-electron chi connectivity index (χ2n) is 6.64. The van der Waals surface area contributed by atoms with Gasteiger partial charge in [0, 0.05) is 38.6 Å². The van der Waals surface area contributed by atoms with Crippen molar-refractivity contribution >= 4 is 11.4 Å². The molecular weight excluding hydrogens is 246 g/mol. The minimum Gasteiger partial charge on any atom is -0.377 e. The Labute approximate surface area is 124 Å². The number of hydrogen-bond donors (Lipinski definition) is 1. The first-order chi connectivity index (χ1) is 9.47. The molecule has 0 saturated carbocycles. The lowest BCUT2D eigenvalue weighted by Gasteiger charge is -2.34. The van der Waals surface area contributed by atoms with Gasteiger partial charge in [0.1, 0.15) is 0 Å². The van der Waals surface area contributed by atoms with Crippen molar-refractivity contribution in [2.75, 3.05) is 50.1 Å². The van der Waals surface area contributed by atoms with E-state index >= 15 is 0 Å². The van der Waals surface area contributed by atoms with Gasteiger partial charge in [0.2, 0.25) is 0 Å². The SMILES string of the molecule is Cc1ccc(N2CC(C)CNCC(C)C2)cc1N(C)C. The van der Waals surface area contributed by atoms with E-state index < -0.39 is 0 Å². The molecule has 0 amide bonds. The summed E-state index contributed by atoms with van der Waals surface area (Å²) in [6, 6.07) is 6.86. The van der Waals surface area contributed by atoms with Crippen LogP contribution in [0, 0.1) is 18.8 Å². The van der Waals surface area contributed by atoms with Crippen LogP contribution in [0.25, 0.3) is 0 Å². The van der Waals surface area contributed by atoms with Crippen molar-refractivity contribution in [2.45, 2.75) is 20.8 Å². The number of aryl methyl sites for hydroxylation is 1. The molecule has 2 unspecified atom stereocenters. The molecule has 1 aromatic carbocycles. The first-order valence-electron chi connectivity index (χ1n) is 7.71. The summed E-state index contributed by atoms with van der Waals surface area (Å²) >= 11 is 0. The molecule has 1 aliphatic heterocycles. The quantitative estimate of drug-likeness (QED) is 0.895. The van der Waals surface area contributed by atoms with E-state index in [2.05, 4.69) is 68.2 Å². The van der Waals surface area contributed by atoms with Crippen LogP contribution in [0.5, 0.6) is 0 Å². The minimum absolute atomic E-state index is 0.687. The first kappa shape index (κ1) is 15.2. The Balaban J connectivity index is 2.25. The summed E-state index contributed by atoms with van der Waals surface area (Å²) in [5, 5.41) is 3.56. The maximum Gasteiger partial charge on any atom is 0.0411 e. The Morgan fingerprint density at radius 1 is 1.10 bits per heavy atom. The highest BCUT2D eigenvalue weighted by Gasteiger charge is 2.18. The van der Waals surface area contributed by atoms with Crippen LogP contribution < -0.4 is 15.1 Å². The standard InChI is InChI=1S/C17H29N3/c1-13-9-18-10-14(2)12-20(11-13)16-7-6-15(3)17(8-16)19(4)5/h6-8,13-14,18H,9-12H2,1-5H3. The molecule has 0 bridgehead atoms. The van der Waals surface area contributed by atoms with E-state index in [1.165, 1.54) is 16.9 Å². The monoisotopic (exact) mass is 275 g/mol. The predicted octanol–water partition coefficient (Wildman–Crippen LogP) is 2.74. The molecule has 3 heteroatoms. The van der Waals surface area contributed by atoms with Gasteiger partial charge in [0.05, 0.1) is 0 Å². The van der Waals surface area contributed by atoms with Gasteiger partial charge in [-0.05, 0) is 49.5 Å². The molecule has 1 aliphatic rings. The molecule has 1 fully saturated rings. The van der Waals surface area contributed by atoms with Gasteiger partial charge < -0.3 is 15.1 Å². The fourth-order valence-corrected chi connectivity index (χ4v) is 3.02. The number of nitrogens with one attached hydrogen (secondary N) is 1. The van der Waals surface area contributed by atoms with E-state index in [-0.39, 0.29) is 0 Å². The van der Waals surface area contributed by atoms with Crippen molar-refractivity contribution in [3.8, 4) is 0 Å². The van der Waals surface area contributed by atoms with Crippen LogP contribution in [0.4, 0.5) is 11.4 Å². The van der Waals surface area contributed by atoms with Crippen LogP contribution in [-0.4, -0.2) is 40.3 Å². The van der Waals surface area contributed by atoms with E-state index in [9.17, 15) is 0 Å². The maximum absolute atomic E-state index is 3.56. The number of hydrogen-bond acceptors (Lipinski definition) is 3. The van der Waals surface area contributed by atoms with Crippen molar-refractivity contribution in [3.63, 3.8) is 0 Å². The highest BCUT2D eigenvalue weighted by atomic mass is 15.2. The molecule has 0 spiro atoms. The lowest BCUT2D eigenvalue weighted by Crippen LogP contribution is -2.42. The number of rotatable bonds is 2. The van der Waals surface area contributed by atoms with Crippen molar-refractivity contribution in [2.24, 2.45) is 11.8 Å². The van der Waals surface area contributed by atoms with Gasteiger partial charge in [-0.25, -0.2) is 0 Å². The highest BCUT2D eigenvalue weighted by molar-refractivity contribution is 5.63. The van der Waals surface area contributed by atoms with Crippen molar-refractivity contribution in [3.05, 3.63) is 23.8 Å². The van der Waals surface area contributed by atoms with Crippen molar-refractivity contribution in [1.82, 2.24) is 5.32 Å². The van der Waals surface area contributed by atoms with Crippen LogP contribution >= 0.6 is 0 Å².